The molecule has 3 aromatic rings. The average Bonchev–Trinajstić information content (AvgIpc) is 3.20. The van der Waals surface area contributed by atoms with Crippen LogP contribution in [0.15, 0.2) is 42.5 Å². The first kappa shape index (κ1) is 21.9. The Morgan fingerprint density at radius 2 is 1.82 bits per heavy atom. The third-order valence-corrected chi connectivity index (χ3v) is 6.61. The minimum Gasteiger partial charge on any atom is -0.508 e. The summed E-state index contributed by atoms with van der Waals surface area (Å²) in [5, 5.41) is 20.0. The summed E-state index contributed by atoms with van der Waals surface area (Å²) in [5.74, 6) is 1.38. The molecule has 1 heterocycles. The van der Waals surface area contributed by atoms with E-state index in [-0.39, 0.29) is 30.0 Å². The third kappa shape index (κ3) is 3.57. The van der Waals surface area contributed by atoms with Gasteiger partial charge in [-0.2, -0.15) is 0 Å². The summed E-state index contributed by atoms with van der Waals surface area (Å²) in [6.45, 7) is 1.54. The molecule has 0 saturated heterocycles. The molecular weight excluding hydrogens is 436 g/mol. The number of esters is 1. The zero-order chi connectivity index (χ0) is 24.0. The van der Waals surface area contributed by atoms with Crippen molar-refractivity contribution < 1.29 is 34.0 Å². The van der Waals surface area contributed by atoms with E-state index in [1.165, 1.54) is 14.0 Å². The number of hydrogen-bond donors (Lipinski definition) is 2. The highest BCUT2D eigenvalue weighted by Gasteiger charge is 2.41. The van der Waals surface area contributed by atoms with Crippen molar-refractivity contribution in [2.45, 2.75) is 31.8 Å². The number of carbonyl (C=O) groups excluding carboxylic acids is 1. The standard InChI is InChI=1S/C27H26O7/c1-14(28)33-13-20-26-19-7-4-15-10-17(29)6-8-18(15)25(19)23(32-3)12-24(26)34-27(20)16-5-9-21(30)22(11-16)31-2/h5-6,8-12,20,27,29-30H,4,7,13H2,1-3H3/t20-,27+/m1/s1. The number of phenols is 2. The van der Waals surface area contributed by atoms with Gasteiger partial charge in [0.2, 0.25) is 0 Å². The largest absolute Gasteiger partial charge is 0.508 e. The van der Waals surface area contributed by atoms with Crippen LogP contribution in [0, 0.1) is 0 Å². The number of hydrogen-bond acceptors (Lipinski definition) is 7. The first-order valence-corrected chi connectivity index (χ1v) is 11.1. The topological polar surface area (TPSA) is 94.5 Å². The number of aromatic hydroxyl groups is 2. The van der Waals surface area contributed by atoms with Gasteiger partial charge in [0.1, 0.15) is 30.0 Å². The zero-order valence-electron chi connectivity index (χ0n) is 19.3. The summed E-state index contributed by atoms with van der Waals surface area (Å²) in [6.07, 6.45) is 1.05. The minimum atomic E-state index is -0.443. The van der Waals surface area contributed by atoms with Gasteiger partial charge < -0.3 is 29.2 Å². The molecule has 1 aliphatic carbocycles. The molecule has 34 heavy (non-hydrogen) atoms. The first-order chi connectivity index (χ1) is 16.4. The van der Waals surface area contributed by atoms with Crippen molar-refractivity contribution in [3.63, 3.8) is 0 Å². The number of carbonyl (C=O) groups is 1. The summed E-state index contributed by atoms with van der Waals surface area (Å²) in [5.41, 5.74) is 5.94. The number of fused-ring (bicyclic) bond motifs is 5. The Hall–Kier alpha value is -3.87. The van der Waals surface area contributed by atoms with E-state index in [2.05, 4.69) is 0 Å². The van der Waals surface area contributed by atoms with Gasteiger partial charge in [-0.25, -0.2) is 0 Å². The molecule has 0 fully saturated rings. The lowest BCUT2D eigenvalue weighted by Crippen LogP contribution is -2.18. The summed E-state index contributed by atoms with van der Waals surface area (Å²) in [4.78, 5) is 11.7. The average molecular weight is 462 g/mol. The maximum atomic E-state index is 11.7. The van der Waals surface area contributed by atoms with Crippen molar-refractivity contribution in [1.82, 2.24) is 0 Å². The molecule has 0 radical (unpaired) electrons. The van der Waals surface area contributed by atoms with Gasteiger partial charge >= 0.3 is 5.97 Å². The van der Waals surface area contributed by atoms with Crippen molar-refractivity contribution in [2.75, 3.05) is 20.8 Å². The van der Waals surface area contributed by atoms with Crippen molar-refractivity contribution in [3.05, 3.63) is 64.7 Å². The Morgan fingerprint density at radius 1 is 1.03 bits per heavy atom. The van der Waals surface area contributed by atoms with Gasteiger partial charge in [0, 0.05) is 24.1 Å². The second-order valence-corrected chi connectivity index (χ2v) is 8.56. The van der Waals surface area contributed by atoms with Crippen LogP contribution in [0.3, 0.4) is 0 Å². The van der Waals surface area contributed by atoms with Gasteiger partial charge in [-0.3, -0.25) is 4.79 Å². The maximum Gasteiger partial charge on any atom is 0.302 e. The van der Waals surface area contributed by atoms with Gasteiger partial charge in [-0.1, -0.05) is 12.1 Å². The fourth-order valence-corrected chi connectivity index (χ4v) is 5.13. The molecule has 0 unspecified atom stereocenters. The highest BCUT2D eigenvalue weighted by atomic mass is 16.5. The Bertz CT molecular complexity index is 1280. The number of benzene rings is 3. The van der Waals surface area contributed by atoms with Crippen LogP contribution in [0.25, 0.3) is 11.1 Å². The van der Waals surface area contributed by atoms with Gasteiger partial charge in [0.15, 0.2) is 11.5 Å². The number of methoxy groups -OCH3 is 2. The summed E-state index contributed by atoms with van der Waals surface area (Å²) in [7, 11) is 3.13. The predicted molar refractivity (Wildman–Crippen MR) is 125 cm³/mol. The quantitative estimate of drug-likeness (QED) is 0.533. The second-order valence-electron chi connectivity index (χ2n) is 8.56. The maximum absolute atomic E-state index is 11.7. The monoisotopic (exact) mass is 462 g/mol. The molecule has 5 rings (SSSR count). The molecule has 1 aliphatic heterocycles. The van der Waals surface area contributed by atoms with Crippen LogP contribution in [0.1, 0.15) is 41.2 Å². The Balaban J connectivity index is 1.67. The van der Waals surface area contributed by atoms with Crippen LogP contribution in [-0.4, -0.2) is 37.0 Å². The Labute approximate surface area is 197 Å². The number of rotatable bonds is 5. The van der Waals surface area contributed by atoms with Crippen molar-refractivity contribution >= 4 is 5.97 Å². The van der Waals surface area contributed by atoms with E-state index in [4.69, 9.17) is 18.9 Å². The van der Waals surface area contributed by atoms with Crippen molar-refractivity contribution in [3.8, 4) is 39.9 Å². The molecule has 3 aromatic carbocycles. The molecule has 0 bridgehead atoms. The molecule has 7 nitrogen and oxygen atoms in total. The third-order valence-electron chi connectivity index (χ3n) is 6.61. The van der Waals surface area contributed by atoms with Crippen LogP contribution in [0.2, 0.25) is 0 Å². The van der Waals surface area contributed by atoms with Gasteiger partial charge in [-0.05, 0) is 59.4 Å². The van der Waals surface area contributed by atoms with E-state index in [1.54, 1.807) is 37.4 Å². The van der Waals surface area contributed by atoms with E-state index in [0.717, 1.165) is 46.2 Å². The van der Waals surface area contributed by atoms with Crippen LogP contribution in [0.4, 0.5) is 0 Å². The van der Waals surface area contributed by atoms with E-state index in [1.807, 2.05) is 12.1 Å². The SMILES string of the molecule is COc1cc([C@@H]2Oc3cc(OC)c4c(c3[C@H]2COC(C)=O)CCc2cc(O)ccc2-4)ccc1O. The second kappa shape index (κ2) is 8.48. The van der Waals surface area contributed by atoms with Gasteiger partial charge in [-0.15, -0.1) is 0 Å². The predicted octanol–water partition coefficient (Wildman–Crippen LogP) is 4.66. The molecule has 7 heteroatoms. The number of aryl methyl sites for hydroxylation is 1. The molecule has 0 aromatic heterocycles. The van der Waals surface area contributed by atoms with Crippen LogP contribution in [0.5, 0.6) is 28.7 Å². The lowest BCUT2D eigenvalue weighted by molar-refractivity contribution is -0.141. The highest BCUT2D eigenvalue weighted by molar-refractivity contribution is 5.82. The highest BCUT2D eigenvalue weighted by Crippen LogP contribution is 2.55. The lowest BCUT2D eigenvalue weighted by Gasteiger charge is -2.26. The summed E-state index contributed by atoms with van der Waals surface area (Å²) in [6, 6.07) is 12.4. The molecule has 176 valence electrons. The fourth-order valence-electron chi connectivity index (χ4n) is 5.13. The summed E-state index contributed by atoms with van der Waals surface area (Å²) < 4.78 is 23.0. The van der Waals surface area contributed by atoms with Crippen LogP contribution < -0.4 is 14.2 Å². The molecular formula is C27H26O7. The number of phenolic OH excluding ortho intramolecular Hbond substituents is 2. The van der Waals surface area contributed by atoms with Gasteiger partial charge in [0.05, 0.1) is 20.1 Å². The summed E-state index contributed by atoms with van der Waals surface area (Å²) >= 11 is 0. The minimum absolute atomic E-state index is 0.0391. The normalized spacial score (nSPS) is 17.7. The molecule has 2 N–H and O–H groups in total. The molecule has 0 amide bonds. The first-order valence-electron chi connectivity index (χ1n) is 11.1. The van der Waals surface area contributed by atoms with E-state index < -0.39 is 6.10 Å². The Morgan fingerprint density at radius 3 is 2.56 bits per heavy atom. The smallest absolute Gasteiger partial charge is 0.302 e. The van der Waals surface area contributed by atoms with Crippen molar-refractivity contribution in [2.24, 2.45) is 0 Å². The number of ether oxygens (including phenoxy) is 4. The van der Waals surface area contributed by atoms with E-state index in [9.17, 15) is 15.0 Å². The fraction of sp³-hybridized carbons (Fsp3) is 0.296. The van der Waals surface area contributed by atoms with Crippen molar-refractivity contribution in [1.29, 1.82) is 0 Å². The lowest BCUT2D eigenvalue weighted by atomic mass is 9.78. The van der Waals surface area contributed by atoms with Crippen LogP contribution in [-0.2, 0) is 22.4 Å². The Kier molecular flexibility index (Phi) is 5.48. The molecule has 2 aliphatic rings. The van der Waals surface area contributed by atoms with Crippen LogP contribution >= 0.6 is 0 Å². The zero-order valence-corrected chi connectivity index (χ0v) is 19.3. The molecule has 0 saturated carbocycles. The van der Waals surface area contributed by atoms with E-state index >= 15 is 0 Å². The molecule has 0 spiro atoms. The molecule has 2 atom stereocenters. The van der Waals surface area contributed by atoms with E-state index in [0.29, 0.717) is 17.2 Å². The van der Waals surface area contributed by atoms with Gasteiger partial charge in [0.25, 0.3) is 0 Å².